The molecule has 0 aliphatic carbocycles. The molecule has 2 aliphatic heterocycles. The molecule has 1 saturated heterocycles. The summed E-state index contributed by atoms with van der Waals surface area (Å²) in [5.74, 6) is 0.602. The number of fused-ring (bicyclic) bond motifs is 1. The fourth-order valence-electron chi connectivity index (χ4n) is 3.88. The van der Waals surface area contributed by atoms with Crippen molar-refractivity contribution in [3.63, 3.8) is 0 Å². The quantitative estimate of drug-likeness (QED) is 0.793. The average Bonchev–Trinajstić information content (AvgIpc) is 2.63. The Labute approximate surface area is 163 Å². The molecule has 0 bridgehead atoms. The zero-order valence-electron chi connectivity index (χ0n) is 15.2. The minimum Gasteiger partial charge on any atom is -0.484 e. The molecule has 2 aromatic rings. The zero-order valence-corrected chi connectivity index (χ0v) is 16.0. The van der Waals surface area contributed by atoms with Crippen molar-refractivity contribution < 1.29 is 14.3 Å². The number of carbonyl (C=O) groups excluding carboxylic acids is 2. The molecule has 0 unspecified atom stereocenters. The molecular weight excluding hydrogens is 364 g/mol. The van der Waals surface area contributed by atoms with Crippen LogP contribution in [0.5, 0.6) is 5.75 Å². The number of benzene rings is 1. The Morgan fingerprint density at radius 3 is 2.81 bits per heavy atom. The number of hydrogen-bond donors (Lipinski definition) is 0. The van der Waals surface area contributed by atoms with Crippen LogP contribution >= 0.6 is 11.6 Å². The molecule has 0 saturated carbocycles. The fourth-order valence-corrected chi connectivity index (χ4v) is 4.09. The number of pyridine rings is 1. The molecule has 6 heteroatoms. The summed E-state index contributed by atoms with van der Waals surface area (Å²) >= 11 is 6.24. The molecule has 1 aromatic heterocycles. The third-order valence-corrected chi connectivity index (χ3v) is 5.70. The molecular formula is C21H21ClN2O3. The van der Waals surface area contributed by atoms with E-state index >= 15 is 0 Å². The van der Waals surface area contributed by atoms with Crippen molar-refractivity contribution in [1.82, 2.24) is 9.88 Å². The van der Waals surface area contributed by atoms with Gasteiger partial charge in [-0.3, -0.25) is 14.6 Å². The van der Waals surface area contributed by atoms with E-state index in [2.05, 4.69) is 4.98 Å². The first-order valence-electron chi connectivity index (χ1n) is 9.16. The topological polar surface area (TPSA) is 59.5 Å². The normalized spacial score (nSPS) is 18.1. The maximum absolute atomic E-state index is 12.6. The van der Waals surface area contributed by atoms with Crippen LogP contribution in [0.25, 0.3) is 0 Å². The molecule has 0 radical (unpaired) electrons. The van der Waals surface area contributed by atoms with Gasteiger partial charge in [0.25, 0.3) is 0 Å². The summed E-state index contributed by atoms with van der Waals surface area (Å²) in [6.45, 7) is 3.12. The highest BCUT2D eigenvalue weighted by Crippen LogP contribution is 2.42. The van der Waals surface area contributed by atoms with Crippen molar-refractivity contribution in [2.45, 2.75) is 38.2 Å². The van der Waals surface area contributed by atoms with Crippen LogP contribution in [0.15, 0.2) is 36.5 Å². The second-order valence-electron chi connectivity index (χ2n) is 7.38. The van der Waals surface area contributed by atoms with E-state index in [4.69, 9.17) is 16.3 Å². The molecule has 140 valence electrons. The second kappa shape index (κ2) is 6.97. The molecule has 5 nitrogen and oxygen atoms in total. The summed E-state index contributed by atoms with van der Waals surface area (Å²) < 4.78 is 6.22. The molecule has 0 N–H and O–H groups in total. The van der Waals surface area contributed by atoms with Crippen LogP contribution in [-0.4, -0.2) is 40.3 Å². The summed E-state index contributed by atoms with van der Waals surface area (Å²) in [4.78, 5) is 31.3. The molecule has 1 spiro atoms. The first kappa shape index (κ1) is 18.0. The molecule has 4 rings (SSSR count). The molecule has 0 atom stereocenters. The van der Waals surface area contributed by atoms with Gasteiger partial charge in [-0.05, 0) is 36.8 Å². The number of ketones is 1. The number of aryl methyl sites for hydroxylation is 1. The summed E-state index contributed by atoms with van der Waals surface area (Å²) in [6.07, 6.45) is 3.60. The summed E-state index contributed by atoms with van der Waals surface area (Å²) in [5, 5.41) is 0.462. The predicted molar refractivity (Wildman–Crippen MR) is 102 cm³/mol. The van der Waals surface area contributed by atoms with Gasteiger partial charge in [0.05, 0.1) is 23.4 Å². The highest BCUT2D eigenvalue weighted by atomic mass is 35.5. The number of ether oxygens (including phenoxy) is 1. The van der Waals surface area contributed by atoms with E-state index in [9.17, 15) is 9.59 Å². The Balaban J connectivity index is 1.44. The molecule has 1 aromatic carbocycles. The lowest BCUT2D eigenvalue weighted by atomic mass is 9.82. The van der Waals surface area contributed by atoms with Crippen LogP contribution in [0.1, 0.15) is 40.9 Å². The van der Waals surface area contributed by atoms with Gasteiger partial charge in [0.15, 0.2) is 5.78 Å². The van der Waals surface area contributed by atoms with Crippen LogP contribution in [0.2, 0.25) is 5.02 Å². The van der Waals surface area contributed by atoms with Crippen LogP contribution in [0, 0.1) is 6.92 Å². The Morgan fingerprint density at radius 1 is 1.30 bits per heavy atom. The van der Waals surface area contributed by atoms with Gasteiger partial charge in [0.1, 0.15) is 11.4 Å². The lowest BCUT2D eigenvalue weighted by molar-refractivity contribution is -0.134. The van der Waals surface area contributed by atoms with Gasteiger partial charge in [0, 0.05) is 37.8 Å². The van der Waals surface area contributed by atoms with Crippen molar-refractivity contribution in [2.24, 2.45) is 0 Å². The first-order valence-corrected chi connectivity index (χ1v) is 9.54. The van der Waals surface area contributed by atoms with Crippen LogP contribution < -0.4 is 4.74 Å². The Morgan fingerprint density at radius 2 is 2.07 bits per heavy atom. The van der Waals surface area contributed by atoms with Gasteiger partial charge in [-0.25, -0.2) is 0 Å². The molecule has 2 aliphatic rings. The number of likely N-dealkylation sites (tertiary alicyclic amines) is 1. The smallest absolute Gasteiger partial charge is 0.228 e. The van der Waals surface area contributed by atoms with E-state index in [0.29, 0.717) is 55.1 Å². The third kappa shape index (κ3) is 3.56. The first-order chi connectivity index (χ1) is 13.0. The number of piperidine rings is 1. The van der Waals surface area contributed by atoms with Gasteiger partial charge < -0.3 is 9.64 Å². The van der Waals surface area contributed by atoms with Crippen LogP contribution in [-0.2, 0) is 11.2 Å². The average molecular weight is 385 g/mol. The van der Waals surface area contributed by atoms with Gasteiger partial charge in [-0.1, -0.05) is 17.7 Å². The van der Waals surface area contributed by atoms with E-state index in [1.165, 1.54) is 0 Å². The van der Waals surface area contributed by atoms with Gasteiger partial charge >= 0.3 is 0 Å². The highest BCUT2D eigenvalue weighted by Gasteiger charge is 2.44. The van der Waals surface area contributed by atoms with E-state index in [1.54, 1.807) is 24.4 Å². The molecule has 27 heavy (non-hydrogen) atoms. The van der Waals surface area contributed by atoms with Crippen molar-refractivity contribution in [2.75, 3.05) is 13.1 Å². The van der Waals surface area contributed by atoms with E-state index in [-0.39, 0.29) is 11.7 Å². The van der Waals surface area contributed by atoms with Crippen molar-refractivity contribution in [3.8, 4) is 5.75 Å². The fraction of sp³-hybridized carbons (Fsp3) is 0.381. The standard InChI is InChI=1S/C21H21ClN2O3/c1-14-5-8-23-15(11-14)12-19(26)24-9-6-21(7-10-24)13-18(25)16-3-2-4-17(22)20(16)27-21/h2-5,8,11H,6-7,9-10,12-13H2,1H3. The number of amides is 1. The molecule has 3 heterocycles. The molecule has 1 fully saturated rings. The van der Waals surface area contributed by atoms with Crippen LogP contribution in [0.3, 0.4) is 0 Å². The maximum Gasteiger partial charge on any atom is 0.228 e. The second-order valence-corrected chi connectivity index (χ2v) is 7.79. The number of carbonyl (C=O) groups is 2. The third-order valence-electron chi connectivity index (χ3n) is 5.40. The number of para-hydroxylation sites is 1. The number of rotatable bonds is 2. The SMILES string of the molecule is Cc1ccnc(CC(=O)N2CCC3(CC2)CC(=O)c2cccc(Cl)c2O3)c1. The summed E-state index contributed by atoms with van der Waals surface area (Å²) in [6, 6.07) is 9.11. The minimum atomic E-state index is -0.562. The lowest BCUT2D eigenvalue weighted by Crippen LogP contribution is -2.52. The Bertz CT molecular complexity index is 904. The van der Waals surface area contributed by atoms with Crippen molar-refractivity contribution >= 4 is 23.3 Å². The number of Topliss-reactive ketones (excluding diaryl/α,β-unsaturated/α-hetero) is 1. The lowest BCUT2D eigenvalue weighted by Gasteiger charge is -2.44. The number of aromatic nitrogens is 1. The Kier molecular flexibility index (Phi) is 4.64. The van der Waals surface area contributed by atoms with Gasteiger partial charge in [-0.2, -0.15) is 0 Å². The number of nitrogens with zero attached hydrogens (tertiary/aromatic N) is 2. The Hall–Kier alpha value is -2.40. The van der Waals surface area contributed by atoms with E-state index in [0.717, 1.165) is 11.3 Å². The van der Waals surface area contributed by atoms with Crippen molar-refractivity contribution in [3.05, 3.63) is 58.4 Å². The zero-order chi connectivity index (χ0) is 19.0. The van der Waals surface area contributed by atoms with Crippen LogP contribution in [0.4, 0.5) is 0 Å². The highest BCUT2D eigenvalue weighted by molar-refractivity contribution is 6.32. The summed E-state index contributed by atoms with van der Waals surface area (Å²) in [5.41, 5.74) is 1.87. The minimum absolute atomic E-state index is 0.0579. The maximum atomic E-state index is 12.6. The largest absolute Gasteiger partial charge is 0.484 e. The number of hydrogen-bond acceptors (Lipinski definition) is 4. The monoisotopic (exact) mass is 384 g/mol. The number of halogens is 1. The van der Waals surface area contributed by atoms with Crippen molar-refractivity contribution in [1.29, 1.82) is 0 Å². The van der Waals surface area contributed by atoms with E-state index < -0.39 is 5.60 Å². The summed E-state index contributed by atoms with van der Waals surface area (Å²) in [7, 11) is 0. The van der Waals surface area contributed by atoms with Gasteiger partial charge in [0.2, 0.25) is 5.91 Å². The predicted octanol–water partition coefficient (Wildman–Crippen LogP) is 3.61. The van der Waals surface area contributed by atoms with E-state index in [1.807, 2.05) is 24.0 Å². The van der Waals surface area contributed by atoms with Gasteiger partial charge in [-0.15, -0.1) is 0 Å². The molecule has 1 amide bonds.